The number of nitrogens with zero attached hydrogens (tertiary/aromatic N) is 2. The number of furan rings is 1. The molecular weight excluding hydrogens is 330 g/mol. The van der Waals surface area contributed by atoms with Crippen molar-refractivity contribution in [3.63, 3.8) is 0 Å². The Balaban J connectivity index is 1.58. The van der Waals surface area contributed by atoms with E-state index in [4.69, 9.17) is 14.1 Å². The third-order valence-corrected chi connectivity index (χ3v) is 4.76. The molecule has 2 aromatic rings. The van der Waals surface area contributed by atoms with Crippen LogP contribution in [0.25, 0.3) is 11.0 Å². The molecule has 0 atom stereocenters. The van der Waals surface area contributed by atoms with Crippen LogP contribution in [0.3, 0.4) is 0 Å². The molecule has 1 aliphatic rings. The Morgan fingerprint density at radius 1 is 1.35 bits per heavy atom. The van der Waals surface area contributed by atoms with Crippen LogP contribution in [0.2, 0.25) is 0 Å². The number of esters is 1. The standard InChI is InChI=1S/C20H27N3O3/c1-3-21-20(23-12-9-15(10-13-23)19(24)25-2)22-11-8-17-14-16-6-4-5-7-18(16)26-17/h4-7,14-15H,3,8-13H2,1-2H3,(H,21,22). The summed E-state index contributed by atoms with van der Waals surface area (Å²) in [5, 5.41) is 4.48. The molecule has 1 saturated heterocycles. The summed E-state index contributed by atoms with van der Waals surface area (Å²) in [7, 11) is 1.46. The number of guanidine groups is 1. The van der Waals surface area contributed by atoms with Gasteiger partial charge in [0, 0.05) is 38.0 Å². The maximum Gasteiger partial charge on any atom is 0.308 e. The van der Waals surface area contributed by atoms with Crippen LogP contribution in [0.5, 0.6) is 0 Å². The number of carbonyl (C=O) groups is 1. The van der Waals surface area contributed by atoms with E-state index in [1.165, 1.54) is 7.11 Å². The van der Waals surface area contributed by atoms with Gasteiger partial charge in [0.05, 0.1) is 13.0 Å². The van der Waals surface area contributed by atoms with E-state index in [2.05, 4.69) is 29.3 Å². The Morgan fingerprint density at radius 3 is 2.81 bits per heavy atom. The van der Waals surface area contributed by atoms with Crippen LogP contribution in [0.4, 0.5) is 0 Å². The number of likely N-dealkylation sites (tertiary alicyclic amines) is 1. The topological polar surface area (TPSA) is 67.1 Å². The molecule has 140 valence electrons. The molecule has 1 fully saturated rings. The highest BCUT2D eigenvalue weighted by atomic mass is 16.5. The number of hydrogen-bond donors (Lipinski definition) is 1. The van der Waals surface area contributed by atoms with Crippen molar-refractivity contribution in [2.75, 3.05) is 33.3 Å². The van der Waals surface area contributed by atoms with Crippen molar-refractivity contribution in [3.05, 3.63) is 36.1 Å². The maximum absolute atomic E-state index is 11.7. The van der Waals surface area contributed by atoms with Crippen LogP contribution in [-0.2, 0) is 16.0 Å². The zero-order valence-corrected chi connectivity index (χ0v) is 15.5. The predicted molar refractivity (Wildman–Crippen MR) is 102 cm³/mol. The molecule has 0 unspecified atom stereocenters. The van der Waals surface area contributed by atoms with Gasteiger partial charge in [-0.05, 0) is 31.9 Å². The Morgan fingerprint density at radius 2 is 2.12 bits per heavy atom. The predicted octanol–water partition coefficient (Wildman–Crippen LogP) is 2.83. The molecule has 2 heterocycles. The van der Waals surface area contributed by atoms with Gasteiger partial charge in [0.15, 0.2) is 5.96 Å². The summed E-state index contributed by atoms with van der Waals surface area (Å²) < 4.78 is 10.7. The van der Waals surface area contributed by atoms with E-state index in [0.717, 1.165) is 61.6 Å². The van der Waals surface area contributed by atoms with E-state index < -0.39 is 0 Å². The van der Waals surface area contributed by atoms with Crippen molar-refractivity contribution < 1.29 is 13.9 Å². The van der Waals surface area contributed by atoms with Crippen LogP contribution in [0, 0.1) is 5.92 Å². The van der Waals surface area contributed by atoms with E-state index in [0.29, 0.717) is 6.54 Å². The lowest BCUT2D eigenvalue weighted by molar-refractivity contribution is -0.146. The van der Waals surface area contributed by atoms with Gasteiger partial charge in [0.25, 0.3) is 0 Å². The van der Waals surface area contributed by atoms with Gasteiger partial charge in [-0.15, -0.1) is 0 Å². The lowest BCUT2D eigenvalue weighted by Crippen LogP contribution is -2.46. The van der Waals surface area contributed by atoms with Gasteiger partial charge >= 0.3 is 5.97 Å². The summed E-state index contributed by atoms with van der Waals surface area (Å²) in [5.74, 6) is 1.77. The highest BCUT2D eigenvalue weighted by molar-refractivity contribution is 5.81. The van der Waals surface area contributed by atoms with Crippen LogP contribution in [-0.4, -0.2) is 50.1 Å². The number of piperidine rings is 1. The van der Waals surface area contributed by atoms with Crippen LogP contribution in [0.15, 0.2) is 39.7 Å². The minimum Gasteiger partial charge on any atom is -0.469 e. The van der Waals surface area contributed by atoms with E-state index in [1.807, 2.05) is 18.2 Å². The molecule has 26 heavy (non-hydrogen) atoms. The van der Waals surface area contributed by atoms with Gasteiger partial charge in [0.2, 0.25) is 0 Å². The van der Waals surface area contributed by atoms with Gasteiger partial charge in [-0.25, -0.2) is 0 Å². The normalized spacial score (nSPS) is 16.1. The van der Waals surface area contributed by atoms with Crippen molar-refractivity contribution in [1.82, 2.24) is 10.2 Å². The third-order valence-electron chi connectivity index (χ3n) is 4.76. The number of para-hydroxylation sites is 1. The Bertz CT molecular complexity index is 728. The SMILES string of the molecule is CCNC(=NCCc1cc2ccccc2o1)N1CCC(C(=O)OC)CC1. The molecule has 0 bridgehead atoms. The van der Waals surface area contributed by atoms with Crippen LogP contribution < -0.4 is 5.32 Å². The number of aliphatic imine (C=N–C) groups is 1. The number of fused-ring (bicyclic) bond motifs is 1. The van der Waals surface area contributed by atoms with Crippen molar-refractivity contribution in [2.45, 2.75) is 26.2 Å². The maximum atomic E-state index is 11.7. The molecular formula is C20H27N3O3. The number of ether oxygens (including phenoxy) is 1. The number of hydrogen-bond acceptors (Lipinski definition) is 4. The highest BCUT2D eigenvalue weighted by Crippen LogP contribution is 2.20. The summed E-state index contributed by atoms with van der Waals surface area (Å²) in [5.41, 5.74) is 0.920. The van der Waals surface area contributed by atoms with E-state index in [-0.39, 0.29) is 11.9 Å². The molecule has 1 N–H and O–H groups in total. The average molecular weight is 357 g/mol. The monoisotopic (exact) mass is 357 g/mol. The molecule has 0 radical (unpaired) electrons. The van der Waals surface area contributed by atoms with E-state index in [9.17, 15) is 4.79 Å². The Hall–Kier alpha value is -2.50. The first-order chi connectivity index (χ1) is 12.7. The molecule has 6 heteroatoms. The van der Waals surface area contributed by atoms with Crippen molar-refractivity contribution in [2.24, 2.45) is 10.9 Å². The molecule has 0 amide bonds. The minimum absolute atomic E-state index is 0.00896. The first-order valence-corrected chi connectivity index (χ1v) is 9.29. The van der Waals surface area contributed by atoms with Crippen LogP contribution in [0.1, 0.15) is 25.5 Å². The molecule has 3 rings (SSSR count). The fourth-order valence-electron chi connectivity index (χ4n) is 3.35. The Labute approximate surface area is 154 Å². The Kier molecular flexibility index (Phi) is 6.15. The lowest BCUT2D eigenvalue weighted by atomic mass is 9.97. The molecule has 6 nitrogen and oxygen atoms in total. The highest BCUT2D eigenvalue weighted by Gasteiger charge is 2.26. The molecule has 0 aliphatic carbocycles. The van der Waals surface area contributed by atoms with Crippen LogP contribution >= 0.6 is 0 Å². The largest absolute Gasteiger partial charge is 0.469 e. The quantitative estimate of drug-likeness (QED) is 0.506. The molecule has 0 saturated carbocycles. The molecule has 1 aromatic heterocycles. The van der Waals surface area contributed by atoms with Crippen molar-refractivity contribution in [3.8, 4) is 0 Å². The molecule has 0 spiro atoms. The molecule has 1 aliphatic heterocycles. The summed E-state index contributed by atoms with van der Waals surface area (Å²) in [4.78, 5) is 18.6. The molecule has 1 aromatic carbocycles. The summed E-state index contributed by atoms with van der Waals surface area (Å²) in [6, 6.07) is 10.1. The zero-order chi connectivity index (χ0) is 18.4. The second-order valence-corrected chi connectivity index (χ2v) is 6.52. The van der Waals surface area contributed by atoms with E-state index in [1.54, 1.807) is 0 Å². The van der Waals surface area contributed by atoms with Gasteiger partial charge in [-0.1, -0.05) is 18.2 Å². The minimum atomic E-state index is -0.100. The zero-order valence-electron chi connectivity index (χ0n) is 15.5. The van der Waals surface area contributed by atoms with Gasteiger partial charge < -0.3 is 19.4 Å². The van der Waals surface area contributed by atoms with Crippen molar-refractivity contribution >= 4 is 22.9 Å². The number of benzene rings is 1. The fourth-order valence-corrected chi connectivity index (χ4v) is 3.35. The fraction of sp³-hybridized carbons (Fsp3) is 0.500. The van der Waals surface area contributed by atoms with Gasteiger partial charge in [-0.3, -0.25) is 9.79 Å². The number of rotatable bonds is 5. The lowest BCUT2D eigenvalue weighted by Gasteiger charge is -2.33. The average Bonchev–Trinajstić information content (AvgIpc) is 3.09. The van der Waals surface area contributed by atoms with Gasteiger partial charge in [-0.2, -0.15) is 0 Å². The van der Waals surface area contributed by atoms with Gasteiger partial charge in [0.1, 0.15) is 11.3 Å². The third kappa shape index (κ3) is 4.36. The van der Waals surface area contributed by atoms with E-state index >= 15 is 0 Å². The summed E-state index contributed by atoms with van der Waals surface area (Å²) in [6.45, 7) is 5.18. The smallest absolute Gasteiger partial charge is 0.308 e. The second kappa shape index (κ2) is 8.74. The summed E-state index contributed by atoms with van der Waals surface area (Å²) >= 11 is 0. The second-order valence-electron chi connectivity index (χ2n) is 6.52. The number of methoxy groups -OCH3 is 1. The number of nitrogens with one attached hydrogen (secondary N) is 1. The van der Waals surface area contributed by atoms with Crippen molar-refractivity contribution in [1.29, 1.82) is 0 Å². The first-order valence-electron chi connectivity index (χ1n) is 9.29. The summed E-state index contributed by atoms with van der Waals surface area (Å²) in [6.07, 6.45) is 2.38. The first kappa shape index (κ1) is 18.3. The number of carbonyl (C=O) groups excluding carboxylic acids is 1.